The molecule has 3 N–H and O–H groups in total. The maximum atomic E-state index is 5.64. The van der Waals surface area contributed by atoms with Gasteiger partial charge in [0, 0.05) is 19.1 Å². The van der Waals surface area contributed by atoms with Crippen molar-refractivity contribution in [3.8, 4) is 5.75 Å². The molecule has 0 radical (unpaired) electrons. The number of nitrogens with two attached hydrogens (primary N) is 1. The van der Waals surface area contributed by atoms with Crippen LogP contribution in [0.25, 0.3) is 0 Å². The summed E-state index contributed by atoms with van der Waals surface area (Å²) < 4.78 is 5.64. The van der Waals surface area contributed by atoms with Crippen molar-refractivity contribution in [1.82, 2.24) is 5.32 Å². The van der Waals surface area contributed by atoms with Gasteiger partial charge in [0.05, 0.1) is 6.10 Å². The van der Waals surface area contributed by atoms with Crippen LogP contribution in [0.15, 0.2) is 24.3 Å². The fraction of sp³-hybridized carbons (Fsp3) is 0.538. The average molecular weight is 222 g/mol. The molecule has 1 atom stereocenters. The quantitative estimate of drug-likeness (QED) is 0.773. The molecule has 1 aromatic carbocycles. The Morgan fingerprint density at radius 3 is 2.69 bits per heavy atom. The van der Waals surface area contributed by atoms with E-state index in [1.54, 1.807) is 0 Å². The van der Waals surface area contributed by atoms with Crippen molar-refractivity contribution in [3.63, 3.8) is 0 Å². The Morgan fingerprint density at radius 1 is 1.31 bits per heavy atom. The molecule has 0 bridgehead atoms. The van der Waals surface area contributed by atoms with Crippen molar-refractivity contribution < 1.29 is 4.74 Å². The summed E-state index contributed by atoms with van der Waals surface area (Å²) in [6, 6.07) is 8.49. The van der Waals surface area contributed by atoms with E-state index >= 15 is 0 Å². The molecule has 0 aromatic heterocycles. The third-order valence-electron chi connectivity index (χ3n) is 2.28. The Bertz CT molecular complexity index is 313. The van der Waals surface area contributed by atoms with Crippen LogP contribution in [0.1, 0.15) is 26.3 Å². The Labute approximate surface area is 98.0 Å². The Morgan fingerprint density at radius 2 is 2.06 bits per heavy atom. The van der Waals surface area contributed by atoms with Crippen molar-refractivity contribution in [2.24, 2.45) is 5.73 Å². The molecule has 0 aliphatic heterocycles. The van der Waals surface area contributed by atoms with Crippen LogP contribution >= 0.6 is 0 Å². The van der Waals surface area contributed by atoms with Crippen molar-refractivity contribution in [1.29, 1.82) is 0 Å². The number of hydrogen-bond donors (Lipinski definition) is 2. The van der Waals surface area contributed by atoms with Gasteiger partial charge in [-0.2, -0.15) is 0 Å². The lowest BCUT2D eigenvalue weighted by atomic mass is 10.2. The highest BCUT2D eigenvalue weighted by Crippen LogP contribution is 2.14. The minimum absolute atomic E-state index is 0.214. The molecule has 16 heavy (non-hydrogen) atoms. The monoisotopic (exact) mass is 222 g/mol. The van der Waals surface area contributed by atoms with Gasteiger partial charge >= 0.3 is 0 Å². The number of benzene rings is 1. The lowest BCUT2D eigenvalue weighted by molar-refractivity contribution is 0.242. The first kappa shape index (κ1) is 13.0. The maximum Gasteiger partial charge on any atom is 0.120 e. The zero-order valence-electron chi connectivity index (χ0n) is 10.4. The molecule has 0 aliphatic rings. The van der Waals surface area contributed by atoms with Gasteiger partial charge in [-0.1, -0.05) is 12.1 Å². The van der Waals surface area contributed by atoms with Crippen LogP contribution in [0.3, 0.4) is 0 Å². The predicted octanol–water partition coefficient (Wildman–Crippen LogP) is 1.91. The molecule has 0 amide bonds. The second-order valence-electron chi connectivity index (χ2n) is 4.33. The second-order valence-corrected chi connectivity index (χ2v) is 4.33. The summed E-state index contributed by atoms with van der Waals surface area (Å²) in [4.78, 5) is 0. The molecule has 0 spiro atoms. The molecule has 0 aliphatic carbocycles. The average Bonchev–Trinajstić information content (AvgIpc) is 2.25. The van der Waals surface area contributed by atoms with Crippen LogP contribution in [-0.4, -0.2) is 18.7 Å². The third kappa shape index (κ3) is 4.64. The SMILES string of the molecule is CC(C)Oc1cccc(CN[C@@H](C)CN)c1. The Kier molecular flexibility index (Phi) is 5.29. The normalized spacial score (nSPS) is 12.8. The molecule has 0 saturated carbocycles. The molecule has 90 valence electrons. The van der Waals surface area contributed by atoms with Gasteiger partial charge in [-0.15, -0.1) is 0 Å². The largest absolute Gasteiger partial charge is 0.491 e. The molecule has 3 nitrogen and oxygen atoms in total. The molecule has 1 rings (SSSR count). The number of ether oxygens (including phenoxy) is 1. The van der Waals surface area contributed by atoms with Gasteiger partial charge in [0.15, 0.2) is 0 Å². The van der Waals surface area contributed by atoms with Crippen LogP contribution in [0.5, 0.6) is 5.75 Å². The van der Waals surface area contributed by atoms with Gasteiger partial charge < -0.3 is 15.8 Å². The van der Waals surface area contributed by atoms with Crippen LogP contribution in [0.2, 0.25) is 0 Å². The van der Waals surface area contributed by atoms with Crippen LogP contribution in [-0.2, 0) is 6.54 Å². The van der Waals surface area contributed by atoms with Crippen molar-refractivity contribution in [2.75, 3.05) is 6.54 Å². The van der Waals surface area contributed by atoms with Crippen molar-refractivity contribution >= 4 is 0 Å². The van der Waals surface area contributed by atoms with E-state index in [2.05, 4.69) is 24.4 Å². The van der Waals surface area contributed by atoms with E-state index in [-0.39, 0.29) is 6.10 Å². The highest BCUT2D eigenvalue weighted by atomic mass is 16.5. The fourth-order valence-electron chi connectivity index (χ4n) is 1.38. The maximum absolute atomic E-state index is 5.64. The summed E-state index contributed by atoms with van der Waals surface area (Å²) in [5, 5.41) is 3.35. The number of nitrogens with one attached hydrogen (secondary N) is 1. The topological polar surface area (TPSA) is 47.3 Å². The lowest BCUT2D eigenvalue weighted by Gasteiger charge is -2.13. The molecular weight excluding hydrogens is 200 g/mol. The molecule has 3 heteroatoms. The minimum Gasteiger partial charge on any atom is -0.491 e. The number of hydrogen-bond acceptors (Lipinski definition) is 3. The zero-order chi connectivity index (χ0) is 12.0. The predicted molar refractivity (Wildman–Crippen MR) is 67.6 cm³/mol. The lowest BCUT2D eigenvalue weighted by Crippen LogP contribution is -2.32. The Hall–Kier alpha value is -1.06. The Balaban J connectivity index is 2.53. The van der Waals surface area contributed by atoms with E-state index in [0.717, 1.165) is 12.3 Å². The van der Waals surface area contributed by atoms with E-state index in [4.69, 9.17) is 10.5 Å². The zero-order valence-corrected chi connectivity index (χ0v) is 10.4. The first-order valence-electron chi connectivity index (χ1n) is 5.81. The fourth-order valence-corrected chi connectivity index (χ4v) is 1.38. The summed E-state index contributed by atoms with van der Waals surface area (Å²) in [5.41, 5.74) is 6.77. The molecule has 0 heterocycles. The summed E-state index contributed by atoms with van der Waals surface area (Å²) in [6.07, 6.45) is 0.214. The van der Waals surface area contributed by atoms with Crippen molar-refractivity contribution in [3.05, 3.63) is 29.8 Å². The second kappa shape index (κ2) is 6.51. The van der Waals surface area contributed by atoms with Crippen molar-refractivity contribution in [2.45, 2.75) is 39.5 Å². The van der Waals surface area contributed by atoms with E-state index in [1.807, 2.05) is 26.0 Å². The van der Waals surface area contributed by atoms with E-state index in [0.29, 0.717) is 12.6 Å². The first-order valence-corrected chi connectivity index (χ1v) is 5.81. The highest BCUT2D eigenvalue weighted by Gasteiger charge is 2.01. The van der Waals surface area contributed by atoms with Gasteiger partial charge in [0.25, 0.3) is 0 Å². The van der Waals surface area contributed by atoms with Crippen LogP contribution in [0, 0.1) is 0 Å². The molecule has 1 aromatic rings. The van der Waals surface area contributed by atoms with Crippen LogP contribution < -0.4 is 15.8 Å². The van der Waals surface area contributed by atoms with Gasteiger partial charge in [-0.3, -0.25) is 0 Å². The summed E-state index contributed by atoms with van der Waals surface area (Å²) in [7, 11) is 0. The molecule has 0 saturated heterocycles. The van der Waals surface area contributed by atoms with Gasteiger partial charge in [-0.25, -0.2) is 0 Å². The van der Waals surface area contributed by atoms with Gasteiger partial charge in [-0.05, 0) is 38.5 Å². The van der Waals surface area contributed by atoms with Gasteiger partial charge in [0.1, 0.15) is 5.75 Å². The van der Waals surface area contributed by atoms with E-state index < -0.39 is 0 Å². The van der Waals surface area contributed by atoms with Gasteiger partial charge in [0.2, 0.25) is 0 Å². The third-order valence-corrected chi connectivity index (χ3v) is 2.28. The smallest absolute Gasteiger partial charge is 0.120 e. The van der Waals surface area contributed by atoms with E-state index in [9.17, 15) is 0 Å². The highest BCUT2D eigenvalue weighted by molar-refractivity contribution is 5.28. The van der Waals surface area contributed by atoms with E-state index in [1.165, 1.54) is 5.56 Å². The first-order chi connectivity index (χ1) is 7.61. The number of rotatable bonds is 6. The summed E-state index contributed by atoms with van der Waals surface area (Å²) in [6.45, 7) is 7.62. The standard InChI is InChI=1S/C13H22N2O/c1-10(2)16-13-6-4-5-12(7-13)9-15-11(3)8-14/h4-7,10-11,15H,8-9,14H2,1-3H3/t11-/m0/s1. The molecular formula is C13H22N2O. The molecule has 0 fully saturated rings. The molecule has 0 unspecified atom stereocenters. The summed E-state index contributed by atoms with van der Waals surface area (Å²) in [5.74, 6) is 0.926. The minimum atomic E-state index is 0.214. The van der Waals surface area contributed by atoms with Crippen LogP contribution in [0.4, 0.5) is 0 Å². The summed E-state index contributed by atoms with van der Waals surface area (Å²) >= 11 is 0.